The fourth-order valence-electron chi connectivity index (χ4n) is 2.38. The second-order valence-corrected chi connectivity index (χ2v) is 6.78. The van der Waals surface area contributed by atoms with Gasteiger partial charge in [-0.3, -0.25) is 0 Å². The van der Waals surface area contributed by atoms with Crippen LogP contribution in [-0.2, 0) is 17.9 Å². The second kappa shape index (κ2) is 8.03. The molecule has 25 heavy (non-hydrogen) atoms. The molecule has 2 aromatic rings. The predicted octanol–water partition coefficient (Wildman–Crippen LogP) is 3.88. The molecule has 134 valence electrons. The first-order valence-electron chi connectivity index (χ1n) is 8.16. The number of hydrogen-bond acceptors (Lipinski definition) is 4. The zero-order chi connectivity index (χ0) is 18.4. The fourth-order valence-corrected chi connectivity index (χ4v) is 2.38. The van der Waals surface area contributed by atoms with Crippen LogP contribution in [0.1, 0.15) is 31.9 Å². The van der Waals surface area contributed by atoms with Crippen molar-refractivity contribution in [3.05, 3.63) is 53.6 Å². The van der Waals surface area contributed by atoms with Crippen LogP contribution in [0, 0.1) is 0 Å². The van der Waals surface area contributed by atoms with Gasteiger partial charge in [-0.2, -0.15) is 0 Å². The minimum atomic E-state index is -0.533. The first-order valence-corrected chi connectivity index (χ1v) is 8.16. The van der Waals surface area contributed by atoms with Gasteiger partial charge in [0.1, 0.15) is 11.4 Å². The van der Waals surface area contributed by atoms with Crippen molar-refractivity contribution in [2.45, 2.75) is 39.5 Å². The van der Waals surface area contributed by atoms with Crippen LogP contribution in [0.15, 0.2) is 42.5 Å². The average molecular weight is 343 g/mol. The van der Waals surface area contributed by atoms with Crippen molar-refractivity contribution in [1.82, 2.24) is 5.32 Å². The summed E-state index contributed by atoms with van der Waals surface area (Å²) in [5.41, 5.74) is 3.14. The van der Waals surface area contributed by atoms with E-state index in [-0.39, 0.29) is 6.61 Å². The number of nitrogens with one attached hydrogen (secondary N) is 1. The van der Waals surface area contributed by atoms with Crippen LogP contribution in [0.5, 0.6) is 5.75 Å². The maximum Gasteiger partial charge on any atom is 0.407 e. The van der Waals surface area contributed by atoms with Gasteiger partial charge in [-0.05, 0) is 67.3 Å². The molecule has 0 aliphatic rings. The molecule has 0 saturated heterocycles. The van der Waals surface area contributed by atoms with Gasteiger partial charge in [0.05, 0.1) is 13.7 Å². The Morgan fingerprint density at radius 3 is 2.44 bits per heavy atom. The van der Waals surface area contributed by atoms with E-state index in [4.69, 9.17) is 9.47 Å². The maximum absolute atomic E-state index is 11.8. The molecule has 0 atom stereocenters. The molecule has 2 N–H and O–H groups in total. The molecular weight excluding hydrogens is 318 g/mol. The Kier molecular flexibility index (Phi) is 6.04. The highest BCUT2D eigenvalue weighted by molar-refractivity contribution is 5.69. The third-order valence-electron chi connectivity index (χ3n) is 3.48. The van der Waals surface area contributed by atoms with E-state index in [2.05, 4.69) is 5.32 Å². The Bertz CT molecular complexity index is 735. The molecule has 2 aromatic carbocycles. The number of rotatable bonds is 5. The highest BCUT2D eigenvalue weighted by atomic mass is 16.6. The molecule has 0 bridgehead atoms. The Morgan fingerprint density at radius 2 is 1.80 bits per heavy atom. The van der Waals surface area contributed by atoms with Crippen LogP contribution >= 0.6 is 0 Å². The summed E-state index contributed by atoms with van der Waals surface area (Å²) in [6.07, 6.45) is -0.459. The van der Waals surface area contributed by atoms with E-state index >= 15 is 0 Å². The number of carbonyl (C=O) groups excluding carboxylic acids is 1. The molecular formula is C20H25NO4. The molecule has 0 spiro atoms. The molecule has 0 aliphatic carbocycles. The van der Waals surface area contributed by atoms with E-state index < -0.39 is 11.7 Å². The molecule has 0 unspecified atom stereocenters. The first kappa shape index (κ1) is 18.8. The Morgan fingerprint density at radius 1 is 1.08 bits per heavy atom. The average Bonchev–Trinajstić information content (AvgIpc) is 2.58. The number of methoxy groups -OCH3 is 1. The summed E-state index contributed by atoms with van der Waals surface area (Å²) in [5, 5.41) is 12.1. The fraction of sp³-hybridized carbons (Fsp3) is 0.350. The van der Waals surface area contributed by atoms with Gasteiger partial charge in [0.2, 0.25) is 0 Å². The van der Waals surface area contributed by atoms with Crippen LogP contribution in [0.4, 0.5) is 4.79 Å². The van der Waals surface area contributed by atoms with Gasteiger partial charge in [0, 0.05) is 6.54 Å². The molecule has 5 nitrogen and oxygen atoms in total. The highest BCUT2D eigenvalue weighted by Crippen LogP contribution is 2.27. The third kappa shape index (κ3) is 5.80. The number of alkyl carbamates (subject to hydrolysis) is 1. The van der Waals surface area contributed by atoms with Crippen LogP contribution in [-0.4, -0.2) is 23.9 Å². The van der Waals surface area contributed by atoms with E-state index in [0.717, 1.165) is 22.3 Å². The summed E-state index contributed by atoms with van der Waals surface area (Å²) < 4.78 is 10.6. The number of aliphatic hydroxyl groups is 1. The van der Waals surface area contributed by atoms with E-state index in [1.165, 1.54) is 0 Å². The lowest BCUT2D eigenvalue weighted by molar-refractivity contribution is 0.0523. The van der Waals surface area contributed by atoms with Crippen molar-refractivity contribution < 1.29 is 19.4 Å². The van der Waals surface area contributed by atoms with Crippen LogP contribution < -0.4 is 10.1 Å². The SMILES string of the molecule is COc1cc(CNC(=O)OC(C)(C)C)cc(-c2cccc(CO)c2)c1. The van der Waals surface area contributed by atoms with Crippen LogP contribution in [0.25, 0.3) is 11.1 Å². The predicted molar refractivity (Wildman–Crippen MR) is 97.4 cm³/mol. The molecule has 5 heteroatoms. The van der Waals surface area contributed by atoms with Crippen molar-refractivity contribution in [2.75, 3.05) is 7.11 Å². The van der Waals surface area contributed by atoms with Crippen molar-refractivity contribution >= 4 is 6.09 Å². The minimum Gasteiger partial charge on any atom is -0.497 e. The summed E-state index contributed by atoms with van der Waals surface area (Å²) in [5.74, 6) is 0.702. The third-order valence-corrected chi connectivity index (χ3v) is 3.48. The monoisotopic (exact) mass is 343 g/mol. The summed E-state index contributed by atoms with van der Waals surface area (Å²) >= 11 is 0. The number of hydrogen-bond donors (Lipinski definition) is 2. The molecule has 0 aliphatic heterocycles. The molecule has 2 rings (SSSR count). The largest absolute Gasteiger partial charge is 0.497 e. The van der Waals surface area contributed by atoms with Crippen molar-refractivity contribution in [1.29, 1.82) is 0 Å². The van der Waals surface area contributed by atoms with E-state index in [0.29, 0.717) is 12.3 Å². The molecule has 1 amide bonds. The maximum atomic E-state index is 11.8. The molecule has 0 heterocycles. The summed E-state index contributed by atoms with van der Waals surface area (Å²) in [7, 11) is 1.61. The Balaban J connectivity index is 2.20. The number of benzene rings is 2. The lowest BCUT2D eigenvalue weighted by atomic mass is 10.0. The smallest absolute Gasteiger partial charge is 0.407 e. The minimum absolute atomic E-state index is 0.00906. The van der Waals surface area contributed by atoms with Gasteiger partial charge in [-0.1, -0.05) is 18.2 Å². The lowest BCUT2D eigenvalue weighted by Crippen LogP contribution is -2.32. The van der Waals surface area contributed by atoms with Gasteiger partial charge in [0.25, 0.3) is 0 Å². The van der Waals surface area contributed by atoms with Crippen molar-refractivity contribution in [3.63, 3.8) is 0 Å². The zero-order valence-electron chi connectivity index (χ0n) is 15.1. The van der Waals surface area contributed by atoms with Crippen LogP contribution in [0.2, 0.25) is 0 Å². The number of ether oxygens (including phenoxy) is 2. The van der Waals surface area contributed by atoms with Gasteiger partial charge in [0.15, 0.2) is 0 Å². The van der Waals surface area contributed by atoms with Gasteiger partial charge >= 0.3 is 6.09 Å². The molecule has 0 fully saturated rings. The van der Waals surface area contributed by atoms with Gasteiger partial charge in [-0.15, -0.1) is 0 Å². The van der Waals surface area contributed by atoms with Gasteiger partial charge in [-0.25, -0.2) is 4.79 Å². The zero-order valence-corrected chi connectivity index (χ0v) is 15.1. The highest BCUT2D eigenvalue weighted by Gasteiger charge is 2.16. The van der Waals surface area contributed by atoms with Crippen molar-refractivity contribution in [3.8, 4) is 16.9 Å². The van der Waals surface area contributed by atoms with E-state index in [9.17, 15) is 9.90 Å². The number of carbonyl (C=O) groups is 1. The van der Waals surface area contributed by atoms with Crippen molar-refractivity contribution in [2.24, 2.45) is 0 Å². The van der Waals surface area contributed by atoms with E-state index in [1.54, 1.807) is 7.11 Å². The summed E-state index contributed by atoms with van der Waals surface area (Å²) in [4.78, 5) is 11.8. The Hall–Kier alpha value is -2.53. The molecule has 0 radical (unpaired) electrons. The molecule has 0 aromatic heterocycles. The normalized spacial score (nSPS) is 11.1. The first-order chi connectivity index (χ1) is 11.8. The standard InChI is InChI=1S/C20H25NO4/c1-20(2,3)25-19(23)21-12-15-9-17(11-18(10-15)24-4)16-7-5-6-14(8-16)13-22/h5-11,22H,12-13H2,1-4H3,(H,21,23). The number of aliphatic hydroxyl groups excluding tert-OH is 1. The topological polar surface area (TPSA) is 67.8 Å². The summed E-state index contributed by atoms with van der Waals surface area (Å²) in [6, 6.07) is 13.5. The number of amides is 1. The van der Waals surface area contributed by atoms with Gasteiger partial charge < -0.3 is 19.9 Å². The quantitative estimate of drug-likeness (QED) is 0.864. The summed E-state index contributed by atoms with van der Waals surface area (Å²) in [6.45, 7) is 5.79. The lowest BCUT2D eigenvalue weighted by Gasteiger charge is -2.20. The molecule has 0 saturated carbocycles. The second-order valence-electron chi connectivity index (χ2n) is 6.78. The van der Waals surface area contributed by atoms with Crippen LogP contribution in [0.3, 0.4) is 0 Å². The Labute approximate surface area is 148 Å². The van der Waals surface area contributed by atoms with E-state index in [1.807, 2.05) is 63.2 Å².